The summed E-state index contributed by atoms with van der Waals surface area (Å²) in [6.07, 6.45) is 3.98. The summed E-state index contributed by atoms with van der Waals surface area (Å²) in [6.45, 7) is 4.24. The Balaban J connectivity index is 1.46. The van der Waals surface area contributed by atoms with E-state index in [1.807, 2.05) is 48.5 Å². The number of ether oxygens (including phenoxy) is 1. The number of hydrogen-bond acceptors (Lipinski definition) is 4. The van der Waals surface area contributed by atoms with E-state index >= 15 is 0 Å². The molecule has 1 N–H and O–H groups in total. The van der Waals surface area contributed by atoms with E-state index in [-0.39, 0.29) is 5.76 Å². The number of carbonyl (C=O) groups excluding carboxylic acids is 1. The smallest absolute Gasteiger partial charge is 0.307 e. The number of fused-ring (bicyclic) bond motifs is 1. The van der Waals surface area contributed by atoms with E-state index < -0.39 is 5.91 Å². The van der Waals surface area contributed by atoms with Crippen LogP contribution < -0.4 is 10.2 Å². The number of rotatable bonds is 8. The van der Waals surface area contributed by atoms with Gasteiger partial charge in [0, 0.05) is 14.9 Å². The molecule has 34 heavy (non-hydrogen) atoms. The zero-order valence-corrected chi connectivity index (χ0v) is 21.8. The molecule has 8 heteroatoms. The first-order valence-electron chi connectivity index (χ1n) is 10.3. The number of hydrogen-bond donors (Lipinski definition) is 1. The maximum atomic E-state index is 12.4. The summed E-state index contributed by atoms with van der Waals surface area (Å²) in [5.74, 6) is 0.478. The maximum Gasteiger partial charge on any atom is 0.307 e. The highest BCUT2D eigenvalue weighted by molar-refractivity contribution is 9.10. The second kappa shape index (κ2) is 11.0. The van der Waals surface area contributed by atoms with E-state index in [1.165, 1.54) is 0 Å². The van der Waals surface area contributed by atoms with Gasteiger partial charge in [0.1, 0.15) is 17.9 Å². The third kappa shape index (κ3) is 5.97. The van der Waals surface area contributed by atoms with E-state index in [4.69, 9.17) is 20.8 Å². The molecule has 0 atom stereocenters. The fraction of sp³-hybridized carbons (Fsp3) is 0.0769. The van der Waals surface area contributed by atoms with E-state index in [9.17, 15) is 4.79 Å². The van der Waals surface area contributed by atoms with Crippen LogP contribution in [-0.2, 0) is 13.0 Å². The van der Waals surface area contributed by atoms with E-state index in [2.05, 4.69) is 49.0 Å². The predicted octanol–water partition coefficient (Wildman–Crippen LogP) is 7.68. The Labute approximate surface area is 218 Å². The van der Waals surface area contributed by atoms with Crippen molar-refractivity contribution in [1.82, 2.24) is 5.43 Å². The van der Waals surface area contributed by atoms with Crippen LogP contribution >= 0.6 is 43.5 Å². The van der Waals surface area contributed by atoms with Crippen molar-refractivity contribution in [2.24, 2.45) is 5.10 Å². The van der Waals surface area contributed by atoms with Crippen LogP contribution in [0.5, 0.6) is 5.75 Å². The van der Waals surface area contributed by atoms with Gasteiger partial charge in [-0.1, -0.05) is 45.7 Å². The molecule has 3 aromatic carbocycles. The number of amides is 1. The molecule has 0 spiro atoms. The highest BCUT2D eigenvalue weighted by Gasteiger charge is 2.13. The molecular weight excluding hydrogens is 584 g/mol. The highest BCUT2D eigenvalue weighted by atomic mass is 79.9. The number of benzene rings is 3. The van der Waals surface area contributed by atoms with Crippen LogP contribution in [0.25, 0.3) is 11.0 Å². The molecule has 4 rings (SSSR count). The fourth-order valence-electron chi connectivity index (χ4n) is 3.30. The van der Waals surface area contributed by atoms with Crippen LogP contribution in [0.3, 0.4) is 0 Å². The average molecular weight is 603 g/mol. The zero-order valence-electron chi connectivity index (χ0n) is 17.9. The van der Waals surface area contributed by atoms with Gasteiger partial charge in [-0.3, -0.25) is 4.79 Å². The minimum Gasteiger partial charge on any atom is -0.487 e. The molecule has 0 aliphatic carbocycles. The first-order valence-corrected chi connectivity index (χ1v) is 12.2. The molecule has 1 aromatic heterocycles. The summed E-state index contributed by atoms with van der Waals surface area (Å²) >= 11 is 12.9. The summed E-state index contributed by atoms with van der Waals surface area (Å²) in [6, 6.07) is 18.5. The van der Waals surface area contributed by atoms with Gasteiger partial charge in [-0.2, -0.15) is 5.10 Å². The molecule has 0 unspecified atom stereocenters. The standard InChI is InChI=1S/C26H19Br2ClN2O3/c1-2-3-18-10-17(11-22(28)25(18)33-15-16-4-7-21(29)8-5-16)14-30-31-26(32)24-13-19-12-20(27)6-9-23(19)34-24/h2,4-14H,1,3,15H2,(H,31,32)/b30-14+. The average Bonchev–Trinajstić information content (AvgIpc) is 3.23. The quantitative estimate of drug-likeness (QED) is 0.128. The van der Waals surface area contributed by atoms with E-state index in [0.29, 0.717) is 23.6 Å². The van der Waals surface area contributed by atoms with Crippen molar-refractivity contribution in [2.75, 3.05) is 0 Å². The molecule has 1 heterocycles. The Hall–Kier alpha value is -2.87. The number of hydrazone groups is 1. The number of furan rings is 1. The Morgan fingerprint density at radius 2 is 1.91 bits per heavy atom. The Bertz CT molecular complexity index is 1380. The lowest BCUT2D eigenvalue weighted by molar-refractivity contribution is 0.0929. The van der Waals surface area contributed by atoms with Crippen molar-refractivity contribution in [3.63, 3.8) is 0 Å². The monoisotopic (exact) mass is 600 g/mol. The summed E-state index contributed by atoms with van der Waals surface area (Å²) in [5.41, 5.74) is 5.87. The van der Waals surface area contributed by atoms with Gasteiger partial charge >= 0.3 is 5.91 Å². The number of carbonyl (C=O) groups is 1. The molecule has 5 nitrogen and oxygen atoms in total. The normalized spacial score (nSPS) is 11.1. The second-order valence-electron chi connectivity index (χ2n) is 7.39. The molecule has 0 saturated carbocycles. The van der Waals surface area contributed by atoms with Gasteiger partial charge in [-0.15, -0.1) is 6.58 Å². The molecule has 0 aliphatic heterocycles. The van der Waals surface area contributed by atoms with Crippen LogP contribution in [0.15, 0.2) is 91.8 Å². The minimum atomic E-state index is -0.433. The van der Waals surface area contributed by atoms with Gasteiger partial charge in [0.25, 0.3) is 0 Å². The van der Waals surface area contributed by atoms with Crippen LogP contribution in [0.1, 0.15) is 27.2 Å². The second-order valence-corrected chi connectivity index (χ2v) is 9.60. The number of halogens is 3. The fourth-order valence-corrected chi connectivity index (χ4v) is 4.44. The summed E-state index contributed by atoms with van der Waals surface area (Å²) in [7, 11) is 0. The first kappa shape index (κ1) is 24.3. The predicted molar refractivity (Wildman–Crippen MR) is 143 cm³/mol. The van der Waals surface area contributed by atoms with Crippen molar-refractivity contribution in [3.8, 4) is 5.75 Å². The number of allylic oxidation sites excluding steroid dienone is 1. The van der Waals surface area contributed by atoms with Crippen molar-refractivity contribution in [2.45, 2.75) is 13.0 Å². The first-order chi connectivity index (χ1) is 16.4. The Morgan fingerprint density at radius 3 is 2.68 bits per heavy atom. The van der Waals surface area contributed by atoms with Gasteiger partial charge in [0.05, 0.1) is 10.7 Å². The van der Waals surface area contributed by atoms with Crippen LogP contribution in [0.2, 0.25) is 5.02 Å². The molecule has 0 bridgehead atoms. The Morgan fingerprint density at radius 1 is 1.12 bits per heavy atom. The SMILES string of the molecule is C=CCc1cc(/C=N/NC(=O)c2cc3cc(Br)ccc3o2)cc(Br)c1OCc1ccc(Cl)cc1. The van der Waals surface area contributed by atoms with Crippen molar-refractivity contribution >= 4 is 66.6 Å². The highest BCUT2D eigenvalue weighted by Crippen LogP contribution is 2.32. The maximum absolute atomic E-state index is 12.4. The van der Waals surface area contributed by atoms with Gasteiger partial charge < -0.3 is 9.15 Å². The van der Waals surface area contributed by atoms with E-state index in [1.54, 1.807) is 24.4 Å². The van der Waals surface area contributed by atoms with E-state index in [0.717, 1.165) is 36.8 Å². The third-order valence-electron chi connectivity index (χ3n) is 4.89. The van der Waals surface area contributed by atoms with Crippen LogP contribution in [0.4, 0.5) is 0 Å². The van der Waals surface area contributed by atoms with Crippen LogP contribution in [-0.4, -0.2) is 12.1 Å². The lowest BCUT2D eigenvalue weighted by Crippen LogP contribution is -2.16. The van der Waals surface area contributed by atoms with Gasteiger partial charge in [0.15, 0.2) is 5.76 Å². The molecule has 4 aromatic rings. The molecule has 0 aliphatic rings. The summed E-state index contributed by atoms with van der Waals surface area (Å²) < 4.78 is 13.3. The number of nitrogens with zero attached hydrogens (tertiary/aromatic N) is 1. The molecule has 0 saturated heterocycles. The number of nitrogens with one attached hydrogen (secondary N) is 1. The third-order valence-corrected chi connectivity index (χ3v) is 6.22. The van der Waals surface area contributed by atoms with Gasteiger partial charge in [-0.05, 0) is 87.6 Å². The molecule has 1 amide bonds. The topological polar surface area (TPSA) is 63.8 Å². The molecule has 0 fully saturated rings. The minimum absolute atomic E-state index is 0.185. The van der Waals surface area contributed by atoms with Gasteiger partial charge in [-0.25, -0.2) is 5.43 Å². The van der Waals surface area contributed by atoms with Gasteiger partial charge in [0.2, 0.25) is 0 Å². The lowest BCUT2D eigenvalue weighted by Gasteiger charge is -2.14. The van der Waals surface area contributed by atoms with Crippen molar-refractivity contribution in [1.29, 1.82) is 0 Å². The zero-order chi connectivity index (χ0) is 24.1. The molecule has 172 valence electrons. The lowest BCUT2D eigenvalue weighted by atomic mass is 10.1. The van der Waals surface area contributed by atoms with Crippen molar-refractivity contribution in [3.05, 3.63) is 110 Å². The molecule has 0 radical (unpaired) electrons. The molecular formula is C26H19Br2ClN2O3. The largest absolute Gasteiger partial charge is 0.487 e. The van der Waals surface area contributed by atoms with Crippen LogP contribution in [0, 0.1) is 0 Å². The Kier molecular flexibility index (Phi) is 7.88. The summed E-state index contributed by atoms with van der Waals surface area (Å²) in [4.78, 5) is 12.4. The summed E-state index contributed by atoms with van der Waals surface area (Å²) in [5, 5.41) is 5.60. The van der Waals surface area contributed by atoms with Crippen molar-refractivity contribution < 1.29 is 13.9 Å².